The number of anilines is 1. The summed E-state index contributed by atoms with van der Waals surface area (Å²) in [4.78, 5) is 4.31. The molecule has 1 aromatic carbocycles. The minimum absolute atomic E-state index is 0.279. The van der Waals surface area contributed by atoms with E-state index in [4.69, 9.17) is 0 Å². The van der Waals surface area contributed by atoms with Crippen LogP contribution in [-0.4, -0.2) is 29.7 Å². The lowest BCUT2D eigenvalue weighted by atomic mass is 10.4. The number of sulfonamides is 1. The molecule has 0 N–H and O–H groups in total. The van der Waals surface area contributed by atoms with E-state index in [1.807, 2.05) is 0 Å². The highest BCUT2D eigenvalue weighted by atomic mass is 32.2. The molecule has 0 amide bonds. The fourth-order valence-electron chi connectivity index (χ4n) is 2.02. The second-order valence-electron chi connectivity index (χ2n) is 4.03. The molecule has 0 radical (unpaired) electrons. The highest BCUT2D eigenvalue weighted by Gasteiger charge is 2.30. The maximum Gasteiger partial charge on any atom is 0.266 e. The van der Waals surface area contributed by atoms with Gasteiger partial charge in [-0.2, -0.15) is 10.1 Å². The van der Waals surface area contributed by atoms with E-state index >= 15 is 0 Å². The molecule has 0 bridgehead atoms. The van der Waals surface area contributed by atoms with E-state index in [0.29, 0.717) is 19.0 Å². The van der Waals surface area contributed by atoms with Crippen LogP contribution in [0.1, 0.15) is 6.42 Å². The first kappa shape index (κ1) is 11.2. The molecular formula is C11H12N4O2S. The van der Waals surface area contributed by atoms with Crippen LogP contribution in [0, 0.1) is 0 Å². The summed E-state index contributed by atoms with van der Waals surface area (Å²) in [5, 5.41) is 4.01. The predicted molar refractivity (Wildman–Crippen MR) is 65.6 cm³/mol. The van der Waals surface area contributed by atoms with Gasteiger partial charge < -0.3 is 0 Å². The van der Waals surface area contributed by atoms with Gasteiger partial charge in [0.1, 0.15) is 6.33 Å². The molecule has 1 aromatic heterocycles. The monoisotopic (exact) mass is 264 g/mol. The predicted octanol–water partition coefficient (Wildman–Crippen LogP) is 0.877. The van der Waals surface area contributed by atoms with E-state index in [-0.39, 0.29) is 4.90 Å². The van der Waals surface area contributed by atoms with Crippen LogP contribution >= 0.6 is 0 Å². The Balaban J connectivity index is 2.08. The van der Waals surface area contributed by atoms with E-state index in [1.54, 1.807) is 35.0 Å². The fraction of sp³-hybridized carbons (Fsp3) is 0.273. The van der Waals surface area contributed by atoms with Crippen LogP contribution in [0.15, 0.2) is 41.6 Å². The Morgan fingerprint density at radius 3 is 2.67 bits per heavy atom. The van der Waals surface area contributed by atoms with Crippen LogP contribution in [0.2, 0.25) is 0 Å². The number of hydrogen-bond acceptors (Lipinski definition) is 4. The van der Waals surface area contributed by atoms with E-state index in [1.165, 1.54) is 10.6 Å². The number of fused-ring (bicyclic) bond motifs is 1. The molecule has 2 heterocycles. The van der Waals surface area contributed by atoms with Crippen LogP contribution < -0.4 is 4.31 Å². The van der Waals surface area contributed by atoms with Gasteiger partial charge >= 0.3 is 0 Å². The molecular weight excluding hydrogens is 252 g/mol. The lowest BCUT2D eigenvalue weighted by Crippen LogP contribution is -2.38. The van der Waals surface area contributed by atoms with Crippen molar-refractivity contribution in [3.05, 3.63) is 36.7 Å². The summed E-state index contributed by atoms with van der Waals surface area (Å²) in [5.41, 5.74) is 0. The smallest absolute Gasteiger partial charge is 0.234 e. The molecule has 1 aliphatic rings. The van der Waals surface area contributed by atoms with E-state index in [9.17, 15) is 8.42 Å². The normalized spacial score (nSPS) is 15.4. The van der Waals surface area contributed by atoms with Gasteiger partial charge in [-0.3, -0.25) is 0 Å². The summed E-state index contributed by atoms with van der Waals surface area (Å²) in [7, 11) is -3.54. The van der Waals surface area contributed by atoms with Gasteiger partial charge in [-0.1, -0.05) is 18.2 Å². The van der Waals surface area contributed by atoms with Crippen molar-refractivity contribution in [3.63, 3.8) is 0 Å². The maximum atomic E-state index is 12.5. The second kappa shape index (κ2) is 4.09. The van der Waals surface area contributed by atoms with Crippen molar-refractivity contribution in [1.29, 1.82) is 0 Å². The molecule has 0 unspecified atom stereocenters. The molecule has 2 aromatic rings. The summed E-state index contributed by atoms with van der Waals surface area (Å²) in [5.74, 6) is 0.394. The average molecular weight is 264 g/mol. The van der Waals surface area contributed by atoms with Crippen LogP contribution in [-0.2, 0) is 16.6 Å². The van der Waals surface area contributed by atoms with Gasteiger partial charge in [0, 0.05) is 13.1 Å². The first-order valence-corrected chi connectivity index (χ1v) is 7.09. The Labute approximate surface area is 105 Å². The largest absolute Gasteiger partial charge is 0.266 e. The summed E-state index contributed by atoms with van der Waals surface area (Å²) in [6.07, 6.45) is 2.12. The van der Waals surface area contributed by atoms with Crippen molar-refractivity contribution >= 4 is 16.0 Å². The fourth-order valence-corrected chi connectivity index (χ4v) is 3.50. The van der Waals surface area contributed by atoms with Crippen LogP contribution in [0.25, 0.3) is 0 Å². The zero-order valence-electron chi connectivity index (χ0n) is 9.60. The molecule has 94 valence electrons. The van der Waals surface area contributed by atoms with Gasteiger partial charge in [0.05, 0.1) is 4.90 Å². The number of benzene rings is 1. The molecule has 3 rings (SSSR count). The van der Waals surface area contributed by atoms with Gasteiger partial charge in [0.25, 0.3) is 10.0 Å². The van der Waals surface area contributed by atoms with Gasteiger partial charge in [-0.15, -0.1) is 0 Å². The maximum absolute atomic E-state index is 12.5. The molecule has 0 atom stereocenters. The third-order valence-electron chi connectivity index (χ3n) is 2.88. The van der Waals surface area contributed by atoms with Crippen molar-refractivity contribution in [3.8, 4) is 0 Å². The van der Waals surface area contributed by atoms with E-state index in [2.05, 4.69) is 10.1 Å². The molecule has 6 nitrogen and oxygen atoms in total. The van der Waals surface area contributed by atoms with Gasteiger partial charge in [0.2, 0.25) is 5.95 Å². The number of aromatic nitrogens is 3. The lowest BCUT2D eigenvalue weighted by Gasteiger charge is -2.27. The lowest BCUT2D eigenvalue weighted by molar-refractivity contribution is 0.529. The Morgan fingerprint density at radius 1 is 1.11 bits per heavy atom. The molecule has 0 saturated heterocycles. The summed E-state index contributed by atoms with van der Waals surface area (Å²) in [6, 6.07) is 8.39. The topological polar surface area (TPSA) is 68.1 Å². The Hall–Kier alpha value is -1.89. The number of nitrogens with zero attached hydrogens (tertiary/aromatic N) is 4. The minimum atomic E-state index is -3.54. The van der Waals surface area contributed by atoms with E-state index in [0.717, 1.165) is 6.42 Å². The van der Waals surface area contributed by atoms with Crippen LogP contribution in [0.5, 0.6) is 0 Å². The molecule has 18 heavy (non-hydrogen) atoms. The molecule has 7 heteroatoms. The van der Waals surface area contributed by atoms with Crippen molar-refractivity contribution in [2.45, 2.75) is 17.9 Å². The Bertz CT molecular complexity index is 651. The van der Waals surface area contributed by atoms with Crippen molar-refractivity contribution in [1.82, 2.24) is 14.8 Å². The zero-order chi connectivity index (χ0) is 12.6. The van der Waals surface area contributed by atoms with Crippen LogP contribution in [0.3, 0.4) is 0 Å². The van der Waals surface area contributed by atoms with Crippen LogP contribution in [0.4, 0.5) is 5.95 Å². The summed E-state index contributed by atoms with van der Waals surface area (Å²) in [6.45, 7) is 1.14. The number of rotatable bonds is 2. The average Bonchev–Trinajstić information content (AvgIpc) is 2.87. The number of aryl methyl sites for hydroxylation is 1. The Morgan fingerprint density at radius 2 is 1.89 bits per heavy atom. The second-order valence-corrected chi connectivity index (χ2v) is 5.89. The highest BCUT2D eigenvalue weighted by molar-refractivity contribution is 7.92. The minimum Gasteiger partial charge on any atom is -0.234 e. The molecule has 0 aliphatic carbocycles. The quantitative estimate of drug-likeness (QED) is 0.807. The van der Waals surface area contributed by atoms with E-state index < -0.39 is 10.0 Å². The van der Waals surface area contributed by atoms with Crippen molar-refractivity contribution < 1.29 is 8.42 Å². The third kappa shape index (κ3) is 1.67. The van der Waals surface area contributed by atoms with Gasteiger partial charge in [-0.05, 0) is 18.6 Å². The summed E-state index contributed by atoms with van der Waals surface area (Å²) < 4.78 is 27.9. The third-order valence-corrected chi connectivity index (χ3v) is 4.67. The first-order chi connectivity index (χ1) is 8.69. The standard InChI is InChI=1S/C11H12N4O2S/c16-18(17,10-5-2-1-3-6-10)15-8-4-7-14-11(15)12-9-13-14/h1-3,5-6,9H,4,7-8H2. The molecule has 0 saturated carbocycles. The first-order valence-electron chi connectivity index (χ1n) is 5.65. The number of hydrogen-bond donors (Lipinski definition) is 0. The Kier molecular flexibility index (Phi) is 2.55. The SMILES string of the molecule is O=S(=O)(c1ccccc1)N1CCCn2ncnc21. The van der Waals surface area contributed by atoms with Crippen molar-refractivity contribution in [2.24, 2.45) is 0 Å². The molecule has 1 aliphatic heterocycles. The zero-order valence-corrected chi connectivity index (χ0v) is 10.4. The van der Waals surface area contributed by atoms with Gasteiger partial charge in [-0.25, -0.2) is 17.4 Å². The highest BCUT2D eigenvalue weighted by Crippen LogP contribution is 2.24. The van der Waals surface area contributed by atoms with Gasteiger partial charge in [0.15, 0.2) is 0 Å². The molecule has 0 spiro atoms. The van der Waals surface area contributed by atoms with Crippen molar-refractivity contribution in [2.75, 3.05) is 10.8 Å². The molecule has 0 fully saturated rings. The summed E-state index contributed by atoms with van der Waals surface area (Å²) >= 11 is 0.